The molecule has 1 atom stereocenters. The van der Waals surface area contributed by atoms with Gasteiger partial charge in [0.05, 0.1) is 10.0 Å². The molecule has 8 heteroatoms. The average Bonchev–Trinajstić information content (AvgIpc) is 2.23. The van der Waals surface area contributed by atoms with E-state index in [2.05, 4.69) is 20.7 Å². The topological polar surface area (TPSA) is 26.3 Å². The number of ether oxygens (including phenoxy) is 1. The van der Waals surface area contributed by atoms with E-state index in [1.807, 2.05) is 0 Å². The summed E-state index contributed by atoms with van der Waals surface area (Å²) in [5.74, 6) is -1.94. The number of alkyl halides is 3. The number of benzene rings is 1. The smallest absolute Gasteiger partial charge is 0.425 e. The molecule has 0 radical (unpaired) electrons. The van der Waals surface area contributed by atoms with Crippen LogP contribution in [0.1, 0.15) is 17.3 Å². The minimum Gasteiger partial charge on any atom is -0.477 e. The molecule has 0 fully saturated rings. The van der Waals surface area contributed by atoms with Gasteiger partial charge >= 0.3 is 6.18 Å². The predicted molar refractivity (Wildman–Crippen MR) is 60.4 cm³/mol. The van der Waals surface area contributed by atoms with Gasteiger partial charge in [0.15, 0.2) is 17.7 Å². The van der Waals surface area contributed by atoms with E-state index in [1.54, 1.807) is 0 Å². The Morgan fingerprint density at radius 3 is 2.44 bits per heavy atom. The van der Waals surface area contributed by atoms with Crippen molar-refractivity contribution < 1.29 is 27.1 Å². The van der Waals surface area contributed by atoms with Crippen molar-refractivity contribution in [2.24, 2.45) is 0 Å². The van der Waals surface area contributed by atoms with Crippen molar-refractivity contribution in [3.63, 3.8) is 0 Å². The van der Waals surface area contributed by atoms with Crippen LogP contribution in [0.2, 0.25) is 0 Å². The Balaban J connectivity index is 3.22. The second kappa shape index (κ2) is 5.44. The molecule has 0 amide bonds. The molecule has 2 nitrogen and oxygen atoms in total. The van der Waals surface area contributed by atoms with Gasteiger partial charge < -0.3 is 4.74 Å². The summed E-state index contributed by atoms with van der Waals surface area (Å²) in [7, 11) is 0. The van der Waals surface area contributed by atoms with Gasteiger partial charge in [0.25, 0.3) is 5.24 Å². The van der Waals surface area contributed by atoms with Crippen LogP contribution in [0.4, 0.5) is 17.6 Å². The summed E-state index contributed by atoms with van der Waals surface area (Å²) in [6.45, 7) is 0.697. The standard InChI is InChI=1S/C10H6BrClF4O2/c1-4(10(14,15)16)18-8-5(9(12)17)2-3-6(11)7(8)13/h2-4H,1H3/t4-/m0/s1. The zero-order valence-electron chi connectivity index (χ0n) is 8.82. The Morgan fingerprint density at radius 1 is 1.44 bits per heavy atom. The molecular formula is C10H6BrClF4O2. The number of rotatable bonds is 3. The summed E-state index contributed by atoms with van der Waals surface area (Å²) >= 11 is 7.93. The molecule has 0 N–H and O–H groups in total. The number of carbonyl (C=O) groups excluding carboxylic acids is 1. The molecular weight excluding hydrogens is 343 g/mol. The van der Waals surface area contributed by atoms with E-state index in [-0.39, 0.29) is 4.47 Å². The highest BCUT2D eigenvalue weighted by molar-refractivity contribution is 9.10. The molecule has 0 aliphatic rings. The first-order valence-electron chi connectivity index (χ1n) is 4.55. The van der Waals surface area contributed by atoms with Gasteiger partial charge in [-0.05, 0) is 46.6 Å². The van der Waals surface area contributed by atoms with Crippen LogP contribution in [-0.2, 0) is 0 Å². The minimum absolute atomic E-state index is 0.131. The number of carbonyl (C=O) groups is 1. The van der Waals surface area contributed by atoms with Crippen LogP contribution >= 0.6 is 27.5 Å². The van der Waals surface area contributed by atoms with Gasteiger partial charge in [-0.25, -0.2) is 4.39 Å². The molecule has 0 aromatic heterocycles. The first kappa shape index (κ1) is 15.2. The normalized spacial score (nSPS) is 13.3. The van der Waals surface area contributed by atoms with Crippen LogP contribution in [0, 0.1) is 5.82 Å². The maximum absolute atomic E-state index is 13.6. The van der Waals surface area contributed by atoms with Gasteiger partial charge in [0.2, 0.25) is 0 Å². The van der Waals surface area contributed by atoms with E-state index in [4.69, 9.17) is 11.6 Å². The molecule has 0 saturated carbocycles. The lowest BCUT2D eigenvalue weighted by molar-refractivity contribution is -0.189. The van der Waals surface area contributed by atoms with Gasteiger partial charge in [-0.3, -0.25) is 4.79 Å². The Morgan fingerprint density at radius 2 is 2.00 bits per heavy atom. The third-order valence-corrected chi connectivity index (χ3v) is 2.83. The molecule has 0 bridgehead atoms. The number of hydrogen-bond acceptors (Lipinski definition) is 2. The van der Waals surface area contributed by atoms with E-state index in [1.165, 1.54) is 0 Å². The maximum atomic E-state index is 13.6. The fourth-order valence-electron chi connectivity index (χ4n) is 1.05. The lowest BCUT2D eigenvalue weighted by Crippen LogP contribution is -2.32. The molecule has 1 rings (SSSR count). The Labute approximate surface area is 113 Å². The van der Waals surface area contributed by atoms with E-state index in [0.717, 1.165) is 12.1 Å². The summed E-state index contributed by atoms with van der Waals surface area (Å²) in [5, 5.41) is -1.11. The predicted octanol–water partition coefficient (Wildman–Crippen LogP) is 4.30. The van der Waals surface area contributed by atoms with Crippen molar-refractivity contribution in [1.29, 1.82) is 0 Å². The molecule has 0 saturated heterocycles. The van der Waals surface area contributed by atoms with Crippen LogP contribution < -0.4 is 4.74 Å². The number of halogens is 6. The monoisotopic (exact) mass is 348 g/mol. The van der Waals surface area contributed by atoms with Gasteiger partial charge in [-0.2, -0.15) is 13.2 Å². The third-order valence-electron chi connectivity index (χ3n) is 2.02. The first-order valence-corrected chi connectivity index (χ1v) is 5.73. The minimum atomic E-state index is -4.68. The largest absolute Gasteiger partial charge is 0.477 e. The highest BCUT2D eigenvalue weighted by Gasteiger charge is 2.39. The lowest BCUT2D eigenvalue weighted by Gasteiger charge is -2.19. The lowest BCUT2D eigenvalue weighted by atomic mass is 10.2. The second-order valence-electron chi connectivity index (χ2n) is 3.31. The molecule has 1 aromatic rings. The summed E-state index contributed by atoms with van der Waals surface area (Å²) in [5.41, 5.74) is -0.464. The molecule has 0 heterocycles. The Hall–Kier alpha value is -0.820. The SMILES string of the molecule is C[C@H](Oc1c(C(=O)Cl)ccc(Br)c1F)C(F)(F)F. The highest BCUT2D eigenvalue weighted by atomic mass is 79.9. The van der Waals surface area contributed by atoms with Gasteiger partial charge in [-0.1, -0.05) is 0 Å². The number of hydrogen-bond donors (Lipinski definition) is 0. The van der Waals surface area contributed by atoms with Gasteiger partial charge in [-0.15, -0.1) is 0 Å². The Bertz CT molecular complexity index is 476. The summed E-state index contributed by atoms with van der Waals surface area (Å²) in [6.07, 6.45) is -6.95. The van der Waals surface area contributed by atoms with Crippen LogP contribution in [0.15, 0.2) is 16.6 Å². The maximum Gasteiger partial charge on any atom is 0.425 e. The van der Waals surface area contributed by atoms with Gasteiger partial charge in [0, 0.05) is 0 Å². The van der Waals surface area contributed by atoms with Crippen molar-refractivity contribution in [2.75, 3.05) is 0 Å². The van der Waals surface area contributed by atoms with Crippen molar-refractivity contribution in [3.8, 4) is 5.75 Å². The van der Waals surface area contributed by atoms with Crippen molar-refractivity contribution in [1.82, 2.24) is 0 Å². The fourth-order valence-corrected chi connectivity index (χ4v) is 1.51. The van der Waals surface area contributed by atoms with E-state index in [9.17, 15) is 22.4 Å². The van der Waals surface area contributed by atoms with E-state index >= 15 is 0 Å². The molecule has 0 spiro atoms. The zero-order chi connectivity index (χ0) is 14.1. The summed E-state index contributed by atoms with van der Waals surface area (Å²) in [4.78, 5) is 11.0. The van der Waals surface area contributed by atoms with Crippen molar-refractivity contribution in [3.05, 3.63) is 28.0 Å². The quantitative estimate of drug-likeness (QED) is 0.601. The first-order chi connectivity index (χ1) is 8.14. The molecule has 18 heavy (non-hydrogen) atoms. The van der Waals surface area contributed by atoms with Crippen LogP contribution in [0.5, 0.6) is 5.75 Å². The zero-order valence-corrected chi connectivity index (χ0v) is 11.2. The second-order valence-corrected chi connectivity index (χ2v) is 4.51. The van der Waals surface area contributed by atoms with Gasteiger partial charge in [0.1, 0.15) is 0 Å². The summed E-state index contributed by atoms with van der Waals surface area (Å²) in [6, 6.07) is 2.22. The molecule has 0 aliphatic heterocycles. The van der Waals surface area contributed by atoms with E-state index in [0.29, 0.717) is 6.92 Å². The average molecular weight is 350 g/mol. The molecule has 100 valence electrons. The van der Waals surface area contributed by atoms with Crippen LogP contribution in [0.3, 0.4) is 0 Å². The van der Waals surface area contributed by atoms with Crippen LogP contribution in [0.25, 0.3) is 0 Å². The third kappa shape index (κ3) is 3.35. The molecule has 0 aliphatic carbocycles. The van der Waals surface area contributed by atoms with Crippen molar-refractivity contribution >= 4 is 32.8 Å². The van der Waals surface area contributed by atoms with E-state index < -0.39 is 34.7 Å². The molecule has 0 unspecified atom stereocenters. The van der Waals surface area contributed by atoms with Crippen LogP contribution in [-0.4, -0.2) is 17.5 Å². The summed E-state index contributed by atoms with van der Waals surface area (Å²) < 4.78 is 54.9. The Kier molecular flexibility index (Phi) is 4.61. The van der Waals surface area contributed by atoms with Crippen molar-refractivity contribution in [2.45, 2.75) is 19.2 Å². The highest BCUT2D eigenvalue weighted by Crippen LogP contribution is 2.33. The molecule has 1 aromatic carbocycles. The fraction of sp³-hybridized carbons (Fsp3) is 0.300.